The Bertz CT molecular complexity index is 273. The minimum absolute atomic E-state index is 0.118. The molecule has 3 heteroatoms. The molecule has 2 N–H and O–H groups in total. The first-order valence-corrected chi connectivity index (χ1v) is 6.63. The summed E-state index contributed by atoms with van der Waals surface area (Å²) in [6, 6.07) is 0. The van der Waals surface area contributed by atoms with Crippen molar-refractivity contribution in [3.8, 4) is 0 Å². The highest BCUT2D eigenvalue weighted by Crippen LogP contribution is 2.30. The molecule has 0 aromatic carbocycles. The molecule has 0 aliphatic heterocycles. The van der Waals surface area contributed by atoms with Crippen LogP contribution in [0.4, 0.5) is 0 Å². The van der Waals surface area contributed by atoms with Gasteiger partial charge in [-0.15, -0.1) is 0 Å². The van der Waals surface area contributed by atoms with Crippen molar-refractivity contribution in [2.45, 2.75) is 58.2 Å². The molecule has 0 radical (unpaired) electrons. The highest BCUT2D eigenvalue weighted by molar-refractivity contribution is 5.84. The van der Waals surface area contributed by atoms with Crippen molar-refractivity contribution in [2.75, 3.05) is 0 Å². The van der Waals surface area contributed by atoms with Gasteiger partial charge in [-0.1, -0.05) is 45.3 Å². The zero-order valence-corrected chi connectivity index (χ0v) is 10.8. The number of carbonyl (C=O) groups is 1. The molecule has 0 bridgehead atoms. The van der Waals surface area contributed by atoms with Crippen molar-refractivity contribution in [1.82, 2.24) is 0 Å². The Balaban J connectivity index is 2.39. The molecule has 1 rings (SSSR count). The topological polar surface area (TPSA) is 57.5 Å². The summed E-state index contributed by atoms with van der Waals surface area (Å²) < 4.78 is 0. The fourth-order valence-electron chi connectivity index (χ4n) is 2.33. The number of hydrogen-bond acceptors (Lipinski definition) is 3. The van der Waals surface area contributed by atoms with Crippen LogP contribution in [0.2, 0.25) is 0 Å². The number of unbranched alkanes of at least 4 members (excludes halogenated alkanes) is 2. The number of hydrogen-bond donors (Lipinski definition) is 2. The second-order valence-corrected chi connectivity index (χ2v) is 5.05. The van der Waals surface area contributed by atoms with E-state index in [9.17, 15) is 15.0 Å². The smallest absolute Gasteiger partial charge is 0.138 e. The summed E-state index contributed by atoms with van der Waals surface area (Å²) in [6.07, 6.45) is 6.83. The van der Waals surface area contributed by atoms with Crippen LogP contribution in [0.3, 0.4) is 0 Å². The quantitative estimate of drug-likeness (QED) is 0.552. The van der Waals surface area contributed by atoms with Crippen LogP contribution in [0, 0.1) is 11.8 Å². The molecule has 0 heterocycles. The lowest BCUT2D eigenvalue weighted by atomic mass is 9.95. The summed E-state index contributed by atoms with van der Waals surface area (Å²) in [4.78, 5) is 11.4. The first kappa shape index (κ1) is 14.4. The van der Waals surface area contributed by atoms with Crippen LogP contribution in [0.15, 0.2) is 12.2 Å². The van der Waals surface area contributed by atoms with Gasteiger partial charge in [0.25, 0.3) is 0 Å². The van der Waals surface area contributed by atoms with Gasteiger partial charge in [0.05, 0.1) is 12.2 Å². The van der Waals surface area contributed by atoms with Crippen LogP contribution < -0.4 is 0 Å². The predicted molar refractivity (Wildman–Crippen MR) is 67.6 cm³/mol. The molecule has 0 aromatic heterocycles. The summed E-state index contributed by atoms with van der Waals surface area (Å²) in [5.74, 6) is -0.125. The Morgan fingerprint density at radius 3 is 2.71 bits per heavy atom. The van der Waals surface area contributed by atoms with E-state index in [1.807, 2.05) is 13.0 Å². The average molecular weight is 240 g/mol. The third-order valence-corrected chi connectivity index (χ3v) is 3.60. The lowest BCUT2D eigenvalue weighted by Crippen LogP contribution is -2.16. The van der Waals surface area contributed by atoms with Crippen molar-refractivity contribution < 1.29 is 15.0 Å². The van der Waals surface area contributed by atoms with Crippen LogP contribution in [0.1, 0.15) is 46.0 Å². The second kappa shape index (κ2) is 6.92. The lowest BCUT2D eigenvalue weighted by Gasteiger charge is -2.13. The molecule has 1 saturated carbocycles. The van der Waals surface area contributed by atoms with Crippen LogP contribution in [-0.2, 0) is 4.79 Å². The Kier molecular flexibility index (Phi) is 5.86. The van der Waals surface area contributed by atoms with Gasteiger partial charge < -0.3 is 10.2 Å². The third-order valence-electron chi connectivity index (χ3n) is 3.60. The molecule has 3 unspecified atom stereocenters. The minimum atomic E-state index is -0.573. The van der Waals surface area contributed by atoms with E-state index in [4.69, 9.17) is 0 Å². The summed E-state index contributed by atoms with van der Waals surface area (Å²) in [5, 5.41) is 19.4. The van der Waals surface area contributed by atoms with Gasteiger partial charge in [0.2, 0.25) is 0 Å². The molecular formula is C14H24O3. The monoisotopic (exact) mass is 240 g/mol. The standard InChI is InChI=1S/C14H24O3/c1-3-4-5-6-11(15)7-8-12-10(2)13(16)9-14(12)17/h7-8,10-12,14-15,17H,3-6,9H2,1-2H3/b8-7+/t10?,11?,12-,14?/m1/s1. The van der Waals surface area contributed by atoms with E-state index in [1.54, 1.807) is 6.08 Å². The molecule has 0 aromatic rings. The second-order valence-electron chi connectivity index (χ2n) is 5.05. The van der Waals surface area contributed by atoms with Crippen molar-refractivity contribution >= 4 is 5.78 Å². The average Bonchev–Trinajstić information content (AvgIpc) is 2.51. The normalized spacial score (nSPS) is 31.3. The molecular weight excluding hydrogens is 216 g/mol. The van der Waals surface area contributed by atoms with E-state index < -0.39 is 12.2 Å². The van der Waals surface area contributed by atoms with Crippen LogP contribution in [0.25, 0.3) is 0 Å². The van der Waals surface area contributed by atoms with Gasteiger partial charge in [-0.3, -0.25) is 4.79 Å². The molecule has 0 saturated heterocycles. The fourth-order valence-corrected chi connectivity index (χ4v) is 2.33. The first-order chi connectivity index (χ1) is 8.06. The zero-order valence-electron chi connectivity index (χ0n) is 10.8. The maximum absolute atomic E-state index is 11.4. The van der Waals surface area contributed by atoms with E-state index in [-0.39, 0.29) is 24.0 Å². The van der Waals surface area contributed by atoms with Gasteiger partial charge in [-0.05, 0) is 6.42 Å². The molecule has 0 amide bonds. The van der Waals surface area contributed by atoms with Crippen molar-refractivity contribution in [2.24, 2.45) is 11.8 Å². The number of aliphatic hydroxyl groups excluding tert-OH is 2. The Labute approximate surface area is 104 Å². The van der Waals surface area contributed by atoms with Gasteiger partial charge in [-0.2, -0.15) is 0 Å². The molecule has 0 spiro atoms. The molecule has 98 valence electrons. The van der Waals surface area contributed by atoms with E-state index in [1.165, 1.54) is 0 Å². The number of ketones is 1. The maximum Gasteiger partial charge on any atom is 0.138 e. The van der Waals surface area contributed by atoms with Gasteiger partial charge in [0.1, 0.15) is 5.78 Å². The van der Waals surface area contributed by atoms with Gasteiger partial charge in [0.15, 0.2) is 0 Å². The van der Waals surface area contributed by atoms with Crippen molar-refractivity contribution in [3.05, 3.63) is 12.2 Å². The molecule has 1 aliphatic rings. The largest absolute Gasteiger partial charge is 0.392 e. The number of carbonyl (C=O) groups excluding carboxylic acids is 1. The fraction of sp³-hybridized carbons (Fsp3) is 0.786. The third kappa shape index (κ3) is 4.25. The van der Waals surface area contributed by atoms with E-state index in [0.29, 0.717) is 0 Å². The van der Waals surface area contributed by atoms with Crippen molar-refractivity contribution in [1.29, 1.82) is 0 Å². The van der Waals surface area contributed by atoms with E-state index in [2.05, 4.69) is 6.92 Å². The highest BCUT2D eigenvalue weighted by atomic mass is 16.3. The Hall–Kier alpha value is -0.670. The van der Waals surface area contributed by atoms with Crippen LogP contribution >= 0.6 is 0 Å². The van der Waals surface area contributed by atoms with Gasteiger partial charge >= 0.3 is 0 Å². The first-order valence-electron chi connectivity index (χ1n) is 6.63. The SMILES string of the molecule is CCCCCC(O)/C=C/[C@H]1C(O)CC(=O)C1C. The summed E-state index contributed by atoms with van der Waals surface area (Å²) in [7, 11) is 0. The zero-order chi connectivity index (χ0) is 12.8. The van der Waals surface area contributed by atoms with Gasteiger partial charge in [-0.25, -0.2) is 0 Å². The lowest BCUT2D eigenvalue weighted by molar-refractivity contribution is -0.120. The minimum Gasteiger partial charge on any atom is -0.392 e. The summed E-state index contributed by atoms with van der Waals surface area (Å²) >= 11 is 0. The van der Waals surface area contributed by atoms with Gasteiger partial charge in [0, 0.05) is 18.3 Å². The molecule has 1 fully saturated rings. The molecule has 17 heavy (non-hydrogen) atoms. The Morgan fingerprint density at radius 1 is 1.47 bits per heavy atom. The molecule has 1 aliphatic carbocycles. The molecule has 4 atom stereocenters. The predicted octanol–water partition coefficient (Wildman–Crippen LogP) is 2.07. The summed E-state index contributed by atoms with van der Waals surface area (Å²) in [6.45, 7) is 3.97. The number of aliphatic hydroxyl groups is 2. The number of rotatable bonds is 6. The highest BCUT2D eigenvalue weighted by Gasteiger charge is 2.36. The van der Waals surface area contributed by atoms with Crippen molar-refractivity contribution in [3.63, 3.8) is 0 Å². The summed E-state index contributed by atoms with van der Waals surface area (Å²) in [5.41, 5.74) is 0. The maximum atomic E-state index is 11.4. The molecule has 3 nitrogen and oxygen atoms in total. The van der Waals surface area contributed by atoms with Crippen LogP contribution in [0.5, 0.6) is 0 Å². The van der Waals surface area contributed by atoms with E-state index >= 15 is 0 Å². The Morgan fingerprint density at radius 2 is 2.18 bits per heavy atom. The number of Topliss-reactive ketones (excluding diaryl/α,β-unsaturated/α-hetero) is 1. The van der Waals surface area contributed by atoms with E-state index in [0.717, 1.165) is 25.7 Å². The van der Waals surface area contributed by atoms with Crippen LogP contribution in [-0.4, -0.2) is 28.2 Å².